The number of nitrogens with one attached hydrogen (secondary N) is 1. The molecule has 1 amide bonds. The number of ketones is 1. The maximum absolute atomic E-state index is 13.1. The molecule has 196 valence electrons. The lowest BCUT2D eigenvalue weighted by atomic mass is 9.96. The molecule has 1 N–H and O–H groups in total. The van der Waals surface area contributed by atoms with Gasteiger partial charge in [-0.1, -0.05) is 117 Å². The van der Waals surface area contributed by atoms with E-state index in [1.165, 1.54) is 0 Å². The van der Waals surface area contributed by atoms with E-state index in [0.717, 1.165) is 27.8 Å². The largest absolute Gasteiger partial charge is 0.364 e. The smallest absolute Gasteiger partial charge is 0.249 e. The van der Waals surface area contributed by atoms with Crippen LogP contribution in [-0.4, -0.2) is 24.3 Å². The van der Waals surface area contributed by atoms with Gasteiger partial charge in [-0.3, -0.25) is 9.59 Å². The number of hydrogen-bond acceptors (Lipinski definition) is 4. The van der Waals surface area contributed by atoms with Crippen LogP contribution in [0.5, 0.6) is 0 Å². The molecule has 0 unspecified atom stereocenters. The van der Waals surface area contributed by atoms with Gasteiger partial charge in [-0.2, -0.15) is 5.26 Å². The van der Waals surface area contributed by atoms with Gasteiger partial charge in [-0.25, -0.2) is 0 Å². The molecule has 0 aliphatic rings. The van der Waals surface area contributed by atoms with Crippen molar-refractivity contribution in [3.8, 4) is 28.3 Å². The molecule has 5 heteroatoms. The van der Waals surface area contributed by atoms with E-state index in [0.29, 0.717) is 17.5 Å². The Hall–Kier alpha value is -4.53. The van der Waals surface area contributed by atoms with Gasteiger partial charge in [0.1, 0.15) is 12.6 Å². The summed E-state index contributed by atoms with van der Waals surface area (Å²) in [4.78, 5) is 25.6. The summed E-state index contributed by atoms with van der Waals surface area (Å²) in [6.45, 7) is 4.27. The van der Waals surface area contributed by atoms with Gasteiger partial charge in [0.05, 0.1) is 12.7 Å². The Bertz CT molecular complexity index is 1440. The summed E-state index contributed by atoms with van der Waals surface area (Å²) >= 11 is 0. The molecule has 0 radical (unpaired) electrons. The number of rotatable bonds is 11. The van der Waals surface area contributed by atoms with Gasteiger partial charge >= 0.3 is 0 Å². The second-order valence-electron chi connectivity index (χ2n) is 9.81. The lowest BCUT2D eigenvalue weighted by molar-refractivity contribution is -0.134. The fourth-order valence-corrected chi connectivity index (χ4v) is 4.45. The van der Waals surface area contributed by atoms with E-state index < -0.39 is 6.10 Å². The molecule has 1 atom stereocenters. The van der Waals surface area contributed by atoms with Crippen molar-refractivity contribution in [3.05, 3.63) is 120 Å². The van der Waals surface area contributed by atoms with Crippen LogP contribution in [0.15, 0.2) is 103 Å². The Morgan fingerprint density at radius 1 is 0.769 bits per heavy atom. The van der Waals surface area contributed by atoms with Crippen molar-refractivity contribution in [1.29, 1.82) is 5.26 Å². The van der Waals surface area contributed by atoms with Crippen LogP contribution in [0.4, 0.5) is 0 Å². The summed E-state index contributed by atoms with van der Waals surface area (Å²) < 4.78 is 6.05. The Labute approximate surface area is 230 Å². The van der Waals surface area contributed by atoms with Crippen molar-refractivity contribution in [1.82, 2.24) is 5.32 Å². The Balaban J connectivity index is 1.47. The first-order chi connectivity index (χ1) is 19.0. The third-order valence-electron chi connectivity index (χ3n) is 6.49. The SMILES string of the molecule is CC(C)C[C@H](OCc1ccccc1-c1ccc(C(=O)c2ccc(-c3ccccc3)cc2)cc1)C(=O)NCC#N. The van der Waals surface area contributed by atoms with Gasteiger partial charge in [0.25, 0.3) is 0 Å². The van der Waals surface area contributed by atoms with E-state index in [2.05, 4.69) is 5.32 Å². The second-order valence-corrected chi connectivity index (χ2v) is 9.81. The zero-order valence-corrected chi connectivity index (χ0v) is 22.3. The lowest BCUT2D eigenvalue weighted by Gasteiger charge is -2.20. The standard InChI is InChI=1S/C34H32N2O3/c1-24(2)22-32(34(38)36-21-20-35)39-23-30-10-6-7-11-31(30)27-14-18-29(19-15-27)33(37)28-16-12-26(13-17-28)25-8-4-3-5-9-25/h3-19,24,32H,21-23H2,1-2H3,(H,36,38)/t32-/m0/s1. The summed E-state index contributed by atoms with van der Waals surface area (Å²) in [6.07, 6.45) is -0.0811. The highest BCUT2D eigenvalue weighted by Gasteiger charge is 2.21. The minimum absolute atomic E-state index is 0.0299. The van der Waals surface area contributed by atoms with Crippen LogP contribution in [0.3, 0.4) is 0 Å². The molecule has 4 aromatic rings. The summed E-state index contributed by atoms with van der Waals surface area (Å²) in [5.74, 6) is -0.0437. The normalized spacial score (nSPS) is 11.5. The zero-order valence-electron chi connectivity index (χ0n) is 22.3. The summed E-state index contributed by atoms with van der Waals surface area (Å²) in [7, 11) is 0. The first kappa shape index (κ1) is 27.5. The number of amides is 1. The first-order valence-electron chi connectivity index (χ1n) is 13.1. The average Bonchev–Trinajstić information content (AvgIpc) is 2.98. The van der Waals surface area contributed by atoms with Gasteiger partial charge in [0.2, 0.25) is 5.91 Å². The Morgan fingerprint density at radius 2 is 1.33 bits per heavy atom. The van der Waals surface area contributed by atoms with E-state index >= 15 is 0 Å². The summed E-state index contributed by atoms with van der Waals surface area (Å²) in [6, 6.07) is 35.1. The summed E-state index contributed by atoms with van der Waals surface area (Å²) in [5, 5.41) is 11.4. The molecule has 0 saturated heterocycles. The van der Waals surface area contributed by atoms with Crippen molar-refractivity contribution in [3.63, 3.8) is 0 Å². The molecule has 0 aliphatic heterocycles. The van der Waals surface area contributed by atoms with Crippen LogP contribution in [0, 0.1) is 17.2 Å². The average molecular weight is 517 g/mol. The number of carbonyl (C=O) groups is 2. The van der Waals surface area contributed by atoms with Gasteiger partial charge in [0.15, 0.2) is 5.78 Å². The van der Waals surface area contributed by atoms with Gasteiger partial charge in [-0.15, -0.1) is 0 Å². The third kappa shape index (κ3) is 7.28. The second kappa shape index (κ2) is 13.3. The van der Waals surface area contributed by atoms with Crippen LogP contribution in [0.25, 0.3) is 22.3 Å². The molecule has 0 bridgehead atoms. The van der Waals surface area contributed by atoms with Crippen LogP contribution < -0.4 is 5.32 Å². The van der Waals surface area contributed by atoms with E-state index in [4.69, 9.17) is 10.00 Å². The van der Waals surface area contributed by atoms with Crippen molar-refractivity contribution in [2.75, 3.05) is 6.54 Å². The predicted octanol–water partition coefficient (Wildman–Crippen LogP) is 6.82. The number of nitriles is 1. The highest BCUT2D eigenvalue weighted by molar-refractivity contribution is 6.09. The molecule has 4 aromatic carbocycles. The van der Waals surface area contributed by atoms with Crippen LogP contribution >= 0.6 is 0 Å². The quantitative estimate of drug-likeness (QED) is 0.175. The van der Waals surface area contributed by atoms with Crippen molar-refractivity contribution < 1.29 is 14.3 Å². The molecule has 0 aliphatic carbocycles. The number of benzene rings is 4. The van der Waals surface area contributed by atoms with Gasteiger partial charge in [0, 0.05) is 11.1 Å². The van der Waals surface area contributed by atoms with E-state index in [1.54, 1.807) is 0 Å². The first-order valence-corrected chi connectivity index (χ1v) is 13.1. The molecule has 39 heavy (non-hydrogen) atoms. The molecule has 4 rings (SSSR count). The highest BCUT2D eigenvalue weighted by atomic mass is 16.5. The van der Waals surface area contributed by atoms with Crippen LogP contribution in [0.2, 0.25) is 0 Å². The lowest BCUT2D eigenvalue weighted by Crippen LogP contribution is -2.37. The summed E-state index contributed by atoms with van der Waals surface area (Å²) in [5.41, 5.74) is 6.31. The molecular formula is C34H32N2O3. The minimum Gasteiger partial charge on any atom is -0.364 e. The number of carbonyl (C=O) groups excluding carboxylic acids is 2. The van der Waals surface area contributed by atoms with Crippen molar-refractivity contribution in [2.24, 2.45) is 5.92 Å². The molecular weight excluding hydrogens is 484 g/mol. The maximum atomic E-state index is 13.1. The molecule has 0 fully saturated rings. The van der Waals surface area contributed by atoms with E-state index in [-0.39, 0.29) is 30.8 Å². The molecule has 0 aromatic heterocycles. The topological polar surface area (TPSA) is 79.2 Å². The van der Waals surface area contributed by atoms with Crippen LogP contribution in [0.1, 0.15) is 41.8 Å². The third-order valence-corrected chi connectivity index (χ3v) is 6.49. The monoisotopic (exact) mass is 516 g/mol. The number of nitrogens with zero attached hydrogens (tertiary/aromatic N) is 1. The molecule has 5 nitrogen and oxygen atoms in total. The highest BCUT2D eigenvalue weighted by Crippen LogP contribution is 2.27. The van der Waals surface area contributed by atoms with E-state index in [1.807, 2.05) is 123 Å². The molecule has 0 spiro atoms. The maximum Gasteiger partial charge on any atom is 0.249 e. The molecule has 0 saturated carbocycles. The predicted molar refractivity (Wildman–Crippen MR) is 154 cm³/mol. The fourth-order valence-electron chi connectivity index (χ4n) is 4.45. The Morgan fingerprint density at radius 3 is 1.95 bits per heavy atom. The number of hydrogen-bond donors (Lipinski definition) is 1. The number of ether oxygens (including phenoxy) is 1. The van der Waals surface area contributed by atoms with Gasteiger partial charge in [-0.05, 0) is 40.2 Å². The van der Waals surface area contributed by atoms with Crippen LogP contribution in [-0.2, 0) is 16.1 Å². The molecule has 0 heterocycles. The van der Waals surface area contributed by atoms with Gasteiger partial charge < -0.3 is 10.1 Å². The van der Waals surface area contributed by atoms with Crippen molar-refractivity contribution in [2.45, 2.75) is 33.0 Å². The van der Waals surface area contributed by atoms with E-state index in [9.17, 15) is 9.59 Å². The zero-order chi connectivity index (χ0) is 27.6. The minimum atomic E-state index is -0.639. The van der Waals surface area contributed by atoms with Crippen molar-refractivity contribution >= 4 is 11.7 Å². The Kier molecular flexibility index (Phi) is 9.39. The fraction of sp³-hybridized carbons (Fsp3) is 0.206.